The maximum Gasteiger partial charge on any atom is 0.448 e. The van der Waals surface area contributed by atoms with Gasteiger partial charge in [-0.05, 0) is 17.5 Å². The van der Waals surface area contributed by atoms with E-state index >= 15 is 0 Å². The standard InChI is InChI=1S/C11H12F4O/c1-2-8-3-5-9(6-4-8)7-10(12,16)11(13,14)15/h3-6,16H,2,7H2,1H3. The number of benzene rings is 1. The number of rotatable bonds is 3. The van der Waals surface area contributed by atoms with Crippen molar-refractivity contribution in [1.82, 2.24) is 0 Å². The Kier molecular flexibility index (Phi) is 3.57. The molecule has 0 fully saturated rings. The van der Waals surface area contributed by atoms with Gasteiger partial charge in [0.2, 0.25) is 0 Å². The van der Waals surface area contributed by atoms with E-state index in [-0.39, 0.29) is 5.56 Å². The molecule has 0 heterocycles. The van der Waals surface area contributed by atoms with E-state index in [0.29, 0.717) is 0 Å². The lowest BCUT2D eigenvalue weighted by atomic mass is 10.0. The van der Waals surface area contributed by atoms with Crippen LogP contribution in [0.25, 0.3) is 0 Å². The molecule has 0 saturated carbocycles. The van der Waals surface area contributed by atoms with Crippen LogP contribution in [-0.2, 0) is 12.8 Å². The Balaban J connectivity index is 2.80. The van der Waals surface area contributed by atoms with Crippen molar-refractivity contribution >= 4 is 0 Å². The third kappa shape index (κ3) is 2.95. The molecular formula is C11H12F4O. The van der Waals surface area contributed by atoms with E-state index in [1.54, 1.807) is 12.1 Å². The lowest BCUT2D eigenvalue weighted by molar-refractivity contribution is -0.314. The zero-order valence-corrected chi connectivity index (χ0v) is 8.68. The topological polar surface area (TPSA) is 20.2 Å². The third-order valence-corrected chi connectivity index (χ3v) is 2.30. The first kappa shape index (κ1) is 13.0. The number of halogens is 4. The van der Waals surface area contributed by atoms with Gasteiger partial charge < -0.3 is 5.11 Å². The van der Waals surface area contributed by atoms with Gasteiger partial charge in [-0.2, -0.15) is 13.2 Å². The molecule has 1 unspecified atom stereocenters. The first-order valence-corrected chi connectivity index (χ1v) is 4.82. The summed E-state index contributed by atoms with van der Waals surface area (Å²) in [4.78, 5) is 0. The molecule has 0 aliphatic heterocycles. The van der Waals surface area contributed by atoms with E-state index in [0.717, 1.165) is 12.0 Å². The molecule has 1 aromatic carbocycles. The van der Waals surface area contributed by atoms with Gasteiger partial charge in [0.05, 0.1) is 0 Å². The van der Waals surface area contributed by atoms with Gasteiger partial charge in [-0.25, -0.2) is 4.39 Å². The molecule has 0 aliphatic carbocycles. The van der Waals surface area contributed by atoms with Crippen LogP contribution in [0.4, 0.5) is 17.6 Å². The average Bonchev–Trinajstić information content (AvgIpc) is 2.16. The molecule has 5 heteroatoms. The molecule has 0 aliphatic rings. The van der Waals surface area contributed by atoms with Gasteiger partial charge in [0.25, 0.3) is 0 Å². The molecule has 1 nitrogen and oxygen atoms in total. The molecule has 0 bridgehead atoms. The summed E-state index contributed by atoms with van der Waals surface area (Å²) in [6.45, 7) is 1.90. The smallest absolute Gasteiger partial charge is 0.355 e. The van der Waals surface area contributed by atoms with Gasteiger partial charge in [0.15, 0.2) is 0 Å². The predicted molar refractivity (Wildman–Crippen MR) is 51.6 cm³/mol. The van der Waals surface area contributed by atoms with E-state index in [2.05, 4.69) is 0 Å². The van der Waals surface area contributed by atoms with Gasteiger partial charge >= 0.3 is 12.0 Å². The molecule has 0 aromatic heterocycles. The van der Waals surface area contributed by atoms with E-state index in [9.17, 15) is 17.6 Å². The van der Waals surface area contributed by atoms with Crippen LogP contribution in [0.2, 0.25) is 0 Å². The molecular weight excluding hydrogens is 224 g/mol. The first-order valence-electron chi connectivity index (χ1n) is 4.82. The lowest BCUT2D eigenvalue weighted by Crippen LogP contribution is -2.42. The maximum atomic E-state index is 12.9. The minimum Gasteiger partial charge on any atom is -0.355 e. The molecule has 1 atom stereocenters. The van der Waals surface area contributed by atoms with Crippen LogP contribution in [0.1, 0.15) is 18.1 Å². The van der Waals surface area contributed by atoms with Crippen LogP contribution in [0.15, 0.2) is 24.3 Å². The molecule has 90 valence electrons. The second kappa shape index (κ2) is 4.41. The zero-order valence-electron chi connectivity index (χ0n) is 8.68. The summed E-state index contributed by atoms with van der Waals surface area (Å²) in [5.41, 5.74) is 1.05. The fourth-order valence-corrected chi connectivity index (χ4v) is 1.26. The molecule has 0 radical (unpaired) electrons. The summed E-state index contributed by atoms with van der Waals surface area (Å²) < 4.78 is 49.0. The highest BCUT2D eigenvalue weighted by Gasteiger charge is 2.54. The SMILES string of the molecule is CCc1ccc(CC(O)(F)C(F)(F)F)cc1. The fraction of sp³-hybridized carbons (Fsp3) is 0.455. The number of alkyl halides is 4. The summed E-state index contributed by atoms with van der Waals surface area (Å²) in [6, 6.07) is 5.99. The van der Waals surface area contributed by atoms with E-state index in [4.69, 9.17) is 5.11 Å². The van der Waals surface area contributed by atoms with Crippen LogP contribution in [0, 0.1) is 0 Å². The molecule has 1 rings (SSSR count). The lowest BCUT2D eigenvalue weighted by Gasteiger charge is -2.21. The number of aryl methyl sites for hydroxylation is 1. The normalized spacial score (nSPS) is 15.9. The Labute approximate surface area is 90.7 Å². The van der Waals surface area contributed by atoms with Crippen molar-refractivity contribution in [3.05, 3.63) is 35.4 Å². The summed E-state index contributed by atoms with van der Waals surface area (Å²) >= 11 is 0. The van der Waals surface area contributed by atoms with Crippen LogP contribution >= 0.6 is 0 Å². The Morgan fingerprint density at radius 3 is 1.81 bits per heavy atom. The van der Waals surface area contributed by atoms with Crippen LogP contribution in [0.3, 0.4) is 0 Å². The minimum absolute atomic E-state index is 0.111. The van der Waals surface area contributed by atoms with Gasteiger partial charge in [0, 0.05) is 6.42 Å². The fourth-order valence-electron chi connectivity index (χ4n) is 1.26. The van der Waals surface area contributed by atoms with Crippen molar-refractivity contribution in [2.45, 2.75) is 31.8 Å². The molecule has 1 aromatic rings. The maximum absolute atomic E-state index is 12.9. The number of hydrogen-bond acceptors (Lipinski definition) is 1. The minimum atomic E-state index is -5.27. The average molecular weight is 236 g/mol. The number of aliphatic hydroxyl groups is 1. The largest absolute Gasteiger partial charge is 0.448 e. The Morgan fingerprint density at radius 2 is 1.44 bits per heavy atom. The highest BCUT2D eigenvalue weighted by molar-refractivity contribution is 5.23. The monoisotopic (exact) mass is 236 g/mol. The third-order valence-electron chi connectivity index (χ3n) is 2.30. The van der Waals surface area contributed by atoms with Crippen molar-refractivity contribution in [3.8, 4) is 0 Å². The quantitative estimate of drug-likeness (QED) is 0.800. The molecule has 0 saturated heterocycles. The Bertz CT molecular complexity index is 340. The summed E-state index contributed by atoms with van der Waals surface area (Å²) in [5, 5.41) is 8.64. The summed E-state index contributed by atoms with van der Waals surface area (Å²) in [5.74, 6) is -4.17. The van der Waals surface area contributed by atoms with Gasteiger partial charge in [-0.15, -0.1) is 0 Å². The summed E-state index contributed by atoms with van der Waals surface area (Å²) in [7, 11) is 0. The zero-order chi connectivity index (χ0) is 12.4. The van der Waals surface area contributed by atoms with E-state index < -0.39 is 18.5 Å². The van der Waals surface area contributed by atoms with Crippen molar-refractivity contribution in [3.63, 3.8) is 0 Å². The van der Waals surface area contributed by atoms with E-state index in [1.165, 1.54) is 12.1 Å². The van der Waals surface area contributed by atoms with Crippen LogP contribution in [0.5, 0.6) is 0 Å². The van der Waals surface area contributed by atoms with Crippen molar-refractivity contribution in [2.75, 3.05) is 0 Å². The van der Waals surface area contributed by atoms with Gasteiger partial charge in [0.1, 0.15) is 0 Å². The predicted octanol–water partition coefficient (Wildman–Crippen LogP) is 3.01. The Morgan fingerprint density at radius 1 is 1.00 bits per heavy atom. The van der Waals surface area contributed by atoms with Crippen molar-refractivity contribution in [1.29, 1.82) is 0 Å². The second-order valence-electron chi connectivity index (χ2n) is 3.60. The van der Waals surface area contributed by atoms with E-state index in [1.807, 2.05) is 6.92 Å². The highest BCUT2D eigenvalue weighted by atomic mass is 19.4. The molecule has 1 N–H and O–H groups in total. The molecule has 0 amide bonds. The second-order valence-corrected chi connectivity index (χ2v) is 3.60. The molecule has 16 heavy (non-hydrogen) atoms. The number of hydrogen-bond donors (Lipinski definition) is 1. The van der Waals surface area contributed by atoms with Crippen LogP contribution in [-0.4, -0.2) is 17.1 Å². The molecule has 0 spiro atoms. The Hall–Kier alpha value is -1.10. The summed E-state index contributed by atoms with van der Waals surface area (Å²) in [6.07, 6.45) is -5.60. The van der Waals surface area contributed by atoms with Crippen LogP contribution < -0.4 is 0 Å². The van der Waals surface area contributed by atoms with Crippen molar-refractivity contribution < 1.29 is 22.7 Å². The highest BCUT2D eigenvalue weighted by Crippen LogP contribution is 2.34. The van der Waals surface area contributed by atoms with Gasteiger partial charge in [-0.3, -0.25) is 0 Å². The first-order chi connectivity index (χ1) is 7.26. The van der Waals surface area contributed by atoms with Gasteiger partial charge in [-0.1, -0.05) is 31.2 Å². The van der Waals surface area contributed by atoms with Crippen molar-refractivity contribution in [2.24, 2.45) is 0 Å².